The van der Waals surface area contributed by atoms with E-state index in [4.69, 9.17) is 0 Å². The molecule has 0 aliphatic carbocycles. The van der Waals surface area contributed by atoms with Gasteiger partial charge in [0.1, 0.15) is 5.82 Å². The molecule has 1 aliphatic heterocycles. The first-order valence-corrected chi connectivity index (χ1v) is 5.74. The molecule has 2 N–H and O–H groups in total. The summed E-state index contributed by atoms with van der Waals surface area (Å²) < 4.78 is 0. The van der Waals surface area contributed by atoms with Gasteiger partial charge in [-0.25, -0.2) is 4.98 Å². The molecule has 88 valence electrons. The molecule has 0 bridgehead atoms. The lowest BCUT2D eigenvalue weighted by atomic mass is 10.1. The summed E-state index contributed by atoms with van der Waals surface area (Å²) >= 11 is 0. The van der Waals surface area contributed by atoms with Gasteiger partial charge in [-0.2, -0.15) is 0 Å². The van der Waals surface area contributed by atoms with Crippen molar-refractivity contribution in [2.75, 3.05) is 18.0 Å². The second-order valence-corrected chi connectivity index (χ2v) is 4.33. The summed E-state index contributed by atoms with van der Waals surface area (Å²) in [5, 5.41) is 19.3. The van der Waals surface area contributed by atoms with E-state index in [1.165, 1.54) is 0 Å². The van der Waals surface area contributed by atoms with E-state index in [0.29, 0.717) is 6.54 Å². The van der Waals surface area contributed by atoms with Gasteiger partial charge < -0.3 is 15.1 Å². The second kappa shape index (κ2) is 4.80. The van der Waals surface area contributed by atoms with Crippen LogP contribution < -0.4 is 4.90 Å². The van der Waals surface area contributed by atoms with E-state index in [2.05, 4.69) is 9.88 Å². The Morgan fingerprint density at radius 2 is 2.38 bits per heavy atom. The number of anilines is 1. The SMILES string of the molecule is C[C@@H](O)c1cccnc1N1CCCC(O)C1. The maximum Gasteiger partial charge on any atom is 0.134 e. The van der Waals surface area contributed by atoms with Crippen molar-refractivity contribution in [1.82, 2.24) is 4.98 Å². The number of piperidine rings is 1. The first-order chi connectivity index (χ1) is 7.68. The van der Waals surface area contributed by atoms with Crippen molar-refractivity contribution in [3.05, 3.63) is 23.9 Å². The highest BCUT2D eigenvalue weighted by Crippen LogP contribution is 2.26. The molecule has 1 aliphatic rings. The molecular formula is C12H18N2O2. The van der Waals surface area contributed by atoms with Gasteiger partial charge in [0, 0.05) is 24.8 Å². The molecule has 0 radical (unpaired) electrons. The van der Waals surface area contributed by atoms with E-state index < -0.39 is 6.10 Å². The molecule has 2 rings (SSSR count). The summed E-state index contributed by atoms with van der Waals surface area (Å²) in [4.78, 5) is 6.36. The van der Waals surface area contributed by atoms with Gasteiger partial charge in [-0.05, 0) is 25.8 Å². The fraction of sp³-hybridized carbons (Fsp3) is 0.583. The Kier molecular flexibility index (Phi) is 3.41. The first kappa shape index (κ1) is 11.4. The fourth-order valence-electron chi connectivity index (χ4n) is 2.15. The third kappa shape index (κ3) is 2.33. The van der Waals surface area contributed by atoms with E-state index in [9.17, 15) is 10.2 Å². The maximum atomic E-state index is 9.67. The lowest BCUT2D eigenvalue weighted by molar-refractivity contribution is 0.153. The lowest BCUT2D eigenvalue weighted by Crippen LogP contribution is -2.39. The molecule has 1 unspecified atom stereocenters. The van der Waals surface area contributed by atoms with Gasteiger partial charge in [0.25, 0.3) is 0 Å². The van der Waals surface area contributed by atoms with E-state index in [-0.39, 0.29) is 6.10 Å². The molecular weight excluding hydrogens is 204 g/mol. The number of aliphatic hydroxyl groups is 2. The van der Waals surface area contributed by atoms with Gasteiger partial charge in [-0.3, -0.25) is 0 Å². The van der Waals surface area contributed by atoms with Gasteiger partial charge >= 0.3 is 0 Å². The zero-order chi connectivity index (χ0) is 11.5. The van der Waals surface area contributed by atoms with Gasteiger partial charge in [-0.15, -0.1) is 0 Å². The van der Waals surface area contributed by atoms with Crippen LogP contribution in [-0.4, -0.2) is 34.4 Å². The molecule has 0 saturated carbocycles. The van der Waals surface area contributed by atoms with Crippen molar-refractivity contribution in [1.29, 1.82) is 0 Å². The smallest absolute Gasteiger partial charge is 0.134 e. The molecule has 2 heterocycles. The summed E-state index contributed by atoms with van der Waals surface area (Å²) in [5.41, 5.74) is 0.830. The predicted octanol–water partition coefficient (Wildman–Crippen LogP) is 1.10. The van der Waals surface area contributed by atoms with E-state index in [1.807, 2.05) is 12.1 Å². The monoisotopic (exact) mass is 222 g/mol. The minimum Gasteiger partial charge on any atom is -0.391 e. The Hall–Kier alpha value is -1.13. The molecule has 0 spiro atoms. The minimum atomic E-state index is -0.525. The zero-order valence-corrected chi connectivity index (χ0v) is 9.50. The number of pyridine rings is 1. The quantitative estimate of drug-likeness (QED) is 0.786. The molecule has 2 atom stereocenters. The predicted molar refractivity (Wildman–Crippen MR) is 62.3 cm³/mol. The van der Waals surface area contributed by atoms with Gasteiger partial charge in [0.2, 0.25) is 0 Å². The van der Waals surface area contributed by atoms with Crippen molar-refractivity contribution >= 4 is 5.82 Å². The molecule has 1 aromatic rings. The summed E-state index contributed by atoms with van der Waals surface area (Å²) in [6.07, 6.45) is 2.74. The van der Waals surface area contributed by atoms with Crippen molar-refractivity contribution < 1.29 is 10.2 Å². The second-order valence-electron chi connectivity index (χ2n) is 4.33. The molecule has 1 saturated heterocycles. The maximum absolute atomic E-state index is 9.67. The Labute approximate surface area is 95.5 Å². The summed E-state index contributed by atoms with van der Waals surface area (Å²) in [5.74, 6) is 0.802. The van der Waals surface area contributed by atoms with Crippen molar-refractivity contribution in [2.24, 2.45) is 0 Å². The van der Waals surface area contributed by atoms with Crippen LogP contribution in [0.25, 0.3) is 0 Å². The van der Waals surface area contributed by atoms with Crippen LogP contribution in [0.15, 0.2) is 18.3 Å². The van der Waals surface area contributed by atoms with Crippen molar-refractivity contribution in [3.63, 3.8) is 0 Å². The fourth-order valence-corrected chi connectivity index (χ4v) is 2.15. The van der Waals surface area contributed by atoms with Crippen LogP contribution in [0.1, 0.15) is 31.4 Å². The summed E-state index contributed by atoms with van der Waals surface area (Å²) in [6, 6.07) is 3.71. The van der Waals surface area contributed by atoms with Crippen LogP contribution in [0, 0.1) is 0 Å². The van der Waals surface area contributed by atoms with Crippen LogP contribution >= 0.6 is 0 Å². The normalized spacial score (nSPS) is 23.2. The summed E-state index contributed by atoms with van der Waals surface area (Å²) in [7, 11) is 0. The van der Waals surface area contributed by atoms with Gasteiger partial charge in [-0.1, -0.05) is 6.07 Å². The highest BCUT2D eigenvalue weighted by molar-refractivity contribution is 5.48. The number of rotatable bonds is 2. The Morgan fingerprint density at radius 1 is 1.56 bits per heavy atom. The average Bonchev–Trinajstić information content (AvgIpc) is 2.29. The highest BCUT2D eigenvalue weighted by Gasteiger charge is 2.21. The lowest BCUT2D eigenvalue weighted by Gasteiger charge is -2.32. The largest absolute Gasteiger partial charge is 0.391 e. The third-order valence-electron chi connectivity index (χ3n) is 2.96. The van der Waals surface area contributed by atoms with Gasteiger partial charge in [0.15, 0.2) is 0 Å². The average molecular weight is 222 g/mol. The molecule has 1 fully saturated rings. The van der Waals surface area contributed by atoms with Crippen LogP contribution in [0.2, 0.25) is 0 Å². The molecule has 0 aromatic carbocycles. The molecule has 4 heteroatoms. The Bertz CT molecular complexity index is 355. The van der Waals surface area contributed by atoms with Gasteiger partial charge in [0.05, 0.1) is 12.2 Å². The van der Waals surface area contributed by atoms with Crippen LogP contribution in [0.3, 0.4) is 0 Å². The van der Waals surface area contributed by atoms with E-state index in [1.54, 1.807) is 13.1 Å². The number of β-amino-alcohol motifs (C(OH)–C–C–N with tert-alkyl or cyclic N) is 1. The van der Waals surface area contributed by atoms with Crippen LogP contribution in [0.4, 0.5) is 5.82 Å². The topological polar surface area (TPSA) is 56.6 Å². The number of hydrogen-bond acceptors (Lipinski definition) is 4. The van der Waals surface area contributed by atoms with E-state index >= 15 is 0 Å². The molecule has 4 nitrogen and oxygen atoms in total. The van der Waals surface area contributed by atoms with E-state index in [0.717, 1.165) is 30.8 Å². The standard InChI is InChI=1S/C12H18N2O2/c1-9(15)11-5-2-6-13-12(11)14-7-3-4-10(16)8-14/h2,5-6,9-10,15-16H,3-4,7-8H2,1H3/t9-,10?/m1/s1. The Morgan fingerprint density at radius 3 is 3.06 bits per heavy atom. The number of nitrogens with zero attached hydrogens (tertiary/aromatic N) is 2. The van der Waals surface area contributed by atoms with Crippen LogP contribution in [-0.2, 0) is 0 Å². The zero-order valence-electron chi connectivity index (χ0n) is 9.50. The highest BCUT2D eigenvalue weighted by atomic mass is 16.3. The number of aliphatic hydroxyl groups excluding tert-OH is 2. The molecule has 16 heavy (non-hydrogen) atoms. The minimum absolute atomic E-state index is 0.280. The van der Waals surface area contributed by atoms with Crippen LogP contribution in [0.5, 0.6) is 0 Å². The third-order valence-corrected chi connectivity index (χ3v) is 2.96. The first-order valence-electron chi connectivity index (χ1n) is 5.74. The molecule has 1 aromatic heterocycles. The Balaban J connectivity index is 2.25. The molecule has 0 amide bonds. The van der Waals surface area contributed by atoms with Crippen molar-refractivity contribution in [3.8, 4) is 0 Å². The van der Waals surface area contributed by atoms with Crippen molar-refractivity contribution in [2.45, 2.75) is 32.0 Å². The summed E-state index contributed by atoms with van der Waals surface area (Å²) in [6.45, 7) is 3.24. The number of aromatic nitrogens is 1. The number of hydrogen-bond donors (Lipinski definition) is 2.